The van der Waals surface area contributed by atoms with Crippen molar-refractivity contribution in [1.82, 2.24) is 14.8 Å². The standard InChI is InChI=1S/C23H23FN4O/c24-20-10-4-3-9-17(20)18-14-19(18)23(29)25-16-8-6-7-15(13-16)22-27-26-21-11-2-1-5-12-28(21)22/h3-4,6-10,13,18-19H,1-2,5,11-12,14H2,(H,25,29). The summed E-state index contributed by atoms with van der Waals surface area (Å²) in [6.07, 6.45) is 5.14. The Labute approximate surface area is 169 Å². The lowest BCUT2D eigenvalue weighted by Gasteiger charge is -2.10. The highest BCUT2D eigenvalue weighted by molar-refractivity contribution is 5.95. The molecule has 148 valence electrons. The van der Waals surface area contributed by atoms with E-state index in [1.54, 1.807) is 12.1 Å². The summed E-state index contributed by atoms with van der Waals surface area (Å²) >= 11 is 0. The minimum Gasteiger partial charge on any atom is -0.326 e. The van der Waals surface area contributed by atoms with E-state index in [0.29, 0.717) is 12.0 Å². The number of aryl methyl sites for hydroxylation is 1. The molecule has 0 bridgehead atoms. The lowest BCUT2D eigenvalue weighted by molar-refractivity contribution is -0.117. The van der Waals surface area contributed by atoms with E-state index in [9.17, 15) is 9.18 Å². The zero-order chi connectivity index (χ0) is 19.8. The first-order chi connectivity index (χ1) is 14.2. The average molecular weight is 390 g/mol. The number of nitrogens with zero attached hydrogens (tertiary/aromatic N) is 3. The van der Waals surface area contributed by atoms with Gasteiger partial charge in [0.1, 0.15) is 11.6 Å². The molecule has 1 fully saturated rings. The largest absolute Gasteiger partial charge is 0.326 e. The number of anilines is 1. The number of benzene rings is 2. The van der Waals surface area contributed by atoms with Gasteiger partial charge in [-0.15, -0.1) is 10.2 Å². The number of rotatable bonds is 4. The first kappa shape index (κ1) is 18.0. The van der Waals surface area contributed by atoms with E-state index < -0.39 is 0 Å². The molecule has 5 rings (SSSR count). The van der Waals surface area contributed by atoms with Crippen LogP contribution in [0.4, 0.5) is 10.1 Å². The van der Waals surface area contributed by atoms with Crippen LogP contribution in [0.15, 0.2) is 48.5 Å². The van der Waals surface area contributed by atoms with Gasteiger partial charge < -0.3 is 9.88 Å². The molecule has 5 nitrogen and oxygen atoms in total. The molecule has 1 amide bonds. The number of carbonyl (C=O) groups is 1. The van der Waals surface area contributed by atoms with Crippen LogP contribution in [0, 0.1) is 11.7 Å². The fourth-order valence-electron chi connectivity index (χ4n) is 4.27. The van der Waals surface area contributed by atoms with Crippen LogP contribution in [0.1, 0.15) is 43.0 Å². The van der Waals surface area contributed by atoms with Gasteiger partial charge in [0.2, 0.25) is 5.91 Å². The SMILES string of the molecule is O=C(Nc1cccc(-c2nnc3n2CCCCC3)c1)C1CC1c1ccccc1F. The van der Waals surface area contributed by atoms with Crippen LogP contribution in [-0.2, 0) is 17.8 Å². The summed E-state index contributed by atoms with van der Waals surface area (Å²) in [4.78, 5) is 12.7. The van der Waals surface area contributed by atoms with Gasteiger partial charge in [0.15, 0.2) is 5.82 Å². The summed E-state index contributed by atoms with van der Waals surface area (Å²) in [5.41, 5.74) is 2.31. The average Bonchev–Trinajstić information content (AvgIpc) is 3.48. The van der Waals surface area contributed by atoms with E-state index in [-0.39, 0.29) is 23.6 Å². The second-order valence-electron chi connectivity index (χ2n) is 7.94. The highest BCUT2D eigenvalue weighted by atomic mass is 19.1. The van der Waals surface area contributed by atoms with E-state index in [1.807, 2.05) is 30.3 Å². The number of aromatic nitrogens is 3. The summed E-state index contributed by atoms with van der Waals surface area (Å²) in [5.74, 6) is 1.38. The molecule has 2 unspecified atom stereocenters. The number of halogens is 1. The molecule has 2 aliphatic rings. The first-order valence-electron chi connectivity index (χ1n) is 10.3. The Bertz CT molecular complexity index is 1060. The molecular weight excluding hydrogens is 367 g/mol. The molecule has 2 heterocycles. The molecule has 0 radical (unpaired) electrons. The maximum Gasteiger partial charge on any atom is 0.228 e. The molecule has 1 aliphatic carbocycles. The van der Waals surface area contributed by atoms with Crippen LogP contribution in [0.3, 0.4) is 0 Å². The Kier molecular flexibility index (Phi) is 4.62. The molecular formula is C23H23FN4O. The Morgan fingerprint density at radius 3 is 2.86 bits per heavy atom. The third kappa shape index (κ3) is 3.55. The second kappa shape index (κ2) is 7.43. The third-order valence-electron chi connectivity index (χ3n) is 5.93. The van der Waals surface area contributed by atoms with E-state index in [4.69, 9.17) is 0 Å². The van der Waals surface area contributed by atoms with E-state index in [1.165, 1.54) is 12.5 Å². The molecule has 1 N–H and O–H groups in total. The topological polar surface area (TPSA) is 59.8 Å². The van der Waals surface area contributed by atoms with Gasteiger partial charge in [-0.2, -0.15) is 0 Å². The molecule has 6 heteroatoms. The van der Waals surface area contributed by atoms with Gasteiger partial charge >= 0.3 is 0 Å². The van der Waals surface area contributed by atoms with Crippen LogP contribution >= 0.6 is 0 Å². The van der Waals surface area contributed by atoms with Crippen molar-refractivity contribution in [1.29, 1.82) is 0 Å². The van der Waals surface area contributed by atoms with Crippen LogP contribution < -0.4 is 5.32 Å². The van der Waals surface area contributed by atoms with Crippen molar-refractivity contribution in [2.24, 2.45) is 5.92 Å². The predicted octanol–water partition coefficient (Wildman–Crippen LogP) is 4.55. The monoisotopic (exact) mass is 390 g/mol. The molecule has 0 saturated heterocycles. The van der Waals surface area contributed by atoms with Crippen LogP contribution in [0.5, 0.6) is 0 Å². The number of nitrogens with one attached hydrogen (secondary N) is 1. The maximum absolute atomic E-state index is 14.0. The summed E-state index contributed by atoms with van der Waals surface area (Å²) in [5, 5.41) is 11.8. The highest BCUT2D eigenvalue weighted by Crippen LogP contribution is 2.48. The van der Waals surface area contributed by atoms with Gasteiger partial charge in [0.25, 0.3) is 0 Å². The van der Waals surface area contributed by atoms with Crippen LogP contribution in [-0.4, -0.2) is 20.7 Å². The fourth-order valence-corrected chi connectivity index (χ4v) is 4.27. The third-order valence-corrected chi connectivity index (χ3v) is 5.93. The van der Waals surface area contributed by atoms with Crippen molar-refractivity contribution in [3.05, 3.63) is 65.7 Å². The van der Waals surface area contributed by atoms with Crippen molar-refractivity contribution in [3.8, 4) is 11.4 Å². The number of hydrogen-bond acceptors (Lipinski definition) is 3. The zero-order valence-electron chi connectivity index (χ0n) is 16.1. The number of hydrogen-bond donors (Lipinski definition) is 1. The summed E-state index contributed by atoms with van der Waals surface area (Å²) in [6, 6.07) is 14.5. The van der Waals surface area contributed by atoms with Crippen LogP contribution in [0.2, 0.25) is 0 Å². The molecule has 1 aliphatic heterocycles. The normalized spacial score (nSPS) is 20.6. The van der Waals surface area contributed by atoms with Gasteiger partial charge in [-0.1, -0.05) is 36.8 Å². The van der Waals surface area contributed by atoms with E-state index >= 15 is 0 Å². The van der Waals surface area contributed by atoms with Crippen LogP contribution in [0.25, 0.3) is 11.4 Å². The lowest BCUT2D eigenvalue weighted by Crippen LogP contribution is -2.14. The molecule has 29 heavy (non-hydrogen) atoms. The Balaban J connectivity index is 1.32. The Morgan fingerprint density at radius 2 is 1.97 bits per heavy atom. The molecule has 0 spiro atoms. The van der Waals surface area contributed by atoms with Gasteiger partial charge in [0.05, 0.1) is 0 Å². The van der Waals surface area contributed by atoms with Crippen molar-refractivity contribution in [2.75, 3.05) is 5.32 Å². The lowest BCUT2D eigenvalue weighted by atomic mass is 10.1. The van der Waals surface area contributed by atoms with E-state index in [2.05, 4.69) is 20.1 Å². The quantitative estimate of drug-likeness (QED) is 0.711. The Morgan fingerprint density at radius 1 is 1.07 bits per heavy atom. The second-order valence-corrected chi connectivity index (χ2v) is 7.94. The maximum atomic E-state index is 14.0. The van der Waals surface area contributed by atoms with Gasteiger partial charge in [-0.3, -0.25) is 4.79 Å². The van der Waals surface area contributed by atoms with Crippen molar-refractivity contribution in [3.63, 3.8) is 0 Å². The van der Waals surface area contributed by atoms with Gasteiger partial charge in [-0.05, 0) is 48.9 Å². The van der Waals surface area contributed by atoms with Gasteiger partial charge in [-0.25, -0.2) is 4.39 Å². The summed E-state index contributed by atoms with van der Waals surface area (Å²) in [6.45, 7) is 0.931. The highest BCUT2D eigenvalue weighted by Gasteiger charge is 2.45. The van der Waals surface area contributed by atoms with Crippen molar-refractivity contribution < 1.29 is 9.18 Å². The zero-order valence-corrected chi connectivity index (χ0v) is 16.1. The molecule has 3 aromatic rings. The summed E-state index contributed by atoms with van der Waals surface area (Å²) in [7, 11) is 0. The molecule has 1 saturated carbocycles. The molecule has 1 aromatic heterocycles. The Hall–Kier alpha value is -3.02. The van der Waals surface area contributed by atoms with Crippen molar-refractivity contribution >= 4 is 11.6 Å². The first-order valence-corrected chi connectivity index (χ1v) is 10.3. The molecule has 2 aromatic carbocycles. The minimum atomic E-state index is -0.234. The van der Waals surface area contributed by atoms with E-state index in [0.717, 1.165) is 48.7 Å². The minimum absolute atomic E-state index is 0.0355. The predicted molar refractivity (Wildman–Crippen MR) is 109 cm³/mol. The smallest absolute Gasteiger partial charge is 0.228 e. The number of fused-ring (bicyclic) bond motifs is 1. The molecule has 2 atom stereocenters. The van der Waals surface area contributed by atoms with Gasteiger partial charge in [0, 0.05) is 30.1 Å². The number of amides is 1. The number of carbonyl (C=O) groups excluding carboxylic acids is 1. The van der Waals surface area contributed by atoms with Crippen molar-refractivity contribution in [2.45, 2.75) is 44.6 Å². The summed E-state index contributed by atoms with van der Waals surface area (Å²) < 4.78 is 16.2. The fraction of sp³-hybridized carbons (Fsp3) is 0.348.